The lowest BCUT2D eigenvalue weighted by Crippen LogP contribution is -2.38. The van der Waals surface area contributed by atoms with Crippen LogP contribution in [-0.4, -0.2) is 37.9 Å². The quantitative estimate of drug-likeness (QED) is 0.308. The molecule has 196 valence electrons. The fourth-order valence-electron chi connectivity index (χ4n) is 5.76. The number of aromatic nitrogens is 4. The Morgan fingerprint density at radius 2 is 1.92 bits per heavy atom. The minimum absolute atomic E-state index is 0.258. The third-order valence-corrected chi connectivity index (χ3v) is 7.49. The van der Waals surface area contributed by atoms with Gasteiger partial charge in [-0.15, -0.1) is 10.2 Å². The molecule has 0 N–H and O–H groups in total. The van der Waals surface area contributed by atoms with Crippen LogP contribution in [0.2, 0.25) is 0 Å². The highest BCUT2D eigenvalue weighted by molar-refractivity contribution is 5.91. The van der Waals surface area contributed by atoms with Crippen molar-refractivity contribution in [3.8, 4) is 16.9 Å². The van der Waals surface area contributed by atoms with Gasteiger partial charge in [-0.1, -0.05) is 12.1 Å². The Hall–Kier alpha value is -3.94. The van der Waals surface area contributed by atoms with Crippen molar-refractivity contribution in [1.82, 2.24) is 19.6 Å². The number of ether oxygens (including phenoxy) is 2. The Labute approximate surface area is 222 Å². The van der Waals surface area contributed by atoms with E-state index >= 15 is 0 Å². The van der Waals surface area contributed by atoms with E-state index in [0.717, 1.165) is 63.6 Å². The average Bonchev–Trinajstić information content (AvgIpc) is 3.49. The third-order valence-electron chi connectivity index (χ3n) is 7.49. The van der Waals surface area contributed by atoms with Crippen molar-refractivity contribution in [3.63, 3.8) is 0 Å². The van der Waals surface area contributed by atoms with E-state index in [1.165, 1.54) is 5.56 Å². The van der Waals surface area contributed by atoms with E-state index in [-0.39, 0.29) is 5.92 Å². The lowest BCUT2D eigenvalue weighted by Gasteiger charge is -2.30. The molecule has 1 amide bonds. The van der Waals surface area contributed by atoms with Gasteiger partial charge in [0.15, 0.2) is 5.65 Å². The Kier molecular flexibility index (Phi) is 5.67. The molecule has 5 heterocycles. The number of amides is 1. The van der Waals surface area contributed by atoms with Crippen LogP contribution < -0.4 is 9.64 Å². The summed E-state index contributed by atoms with van der Waals surface area (Å²) < 4.78 is 14.0. The first kappa shape index (κ1) is 24.4. The van der Waals surface area contributed by atoms with Gasteiger partial charge in [-0.25, -0.2) is 4.79 Å². The van der Waals surface area contributed by atoms with Crippen LogP contribution in [-0.2, 0) is 17.7 Å². The van der Waals surface area contributed by atoms with Gasteiger partial charge in [0, 0.05) is 34.0 Å². The average molecular weight is 512 g/mol. The molecule has 0 saturated carbocycles. The van der Waals surface area contributed by atoms with E-state index in [1.54, 1.807) is 11.2 Å². The maximum absolute atomic E-state index is 13.9. The van der Waals surface area contributed by atoms with Gasteiger partial charge < -0.3 is 9.47 Å². The summed E-state index contributed by atoms with van der Waals surface area (Å²) in [6.45, 7) is 12.8. The van der Waals surface area contributed by atoms with Crippen molar-refractivity contribution in [3.05, 3.63) is 70.3 Å². The smallest absolute Gasteiger partial charge is 0.416 e. The Morgan fingerprint density at radius 3 is 2.68 bits per heavy atom. The summed E-state index contributed by atoms with van der Waals surface area (Å²) in [6.07, 6.45) is 2.95. The summed E-state index contributed by atoms with van der Waals surface area (Å²) in [5, 5.41) is 8.79. The fourth-order valence-corrected chi connectivity index (χ4v) is 5.76. The van der Waals surface area contributed by atoms with Crippen LogP contribution >= 0.6 is 0 Å². The minimum atomic E-state index is -0.647. The molecule has 2 aliphatic heterocycles. The normalized spacial score (nSPS) is 16.8. The zero-order chi connectivity index (χ0) is 26.8. The van der Waals surface area contributed by atoms with Crippen LogP contribution in [0.1, 0.15) is 66.8 Å². The highest BCUT2D eigenvalue weighted by Crippen LogP contribution is 2.44. The largest absolute Gasteiger partial charge is 0.493 e. The predicted octanol–water partition coefficient (Wildman–Crippen LogP) is 6.08. The van der Waals surface area contributed by atoms with Crippen molar-refractivity contribution in [2.75, 3.05) is 11.5 Å². The zero-order valence-electron chi connectivity index (χ0n) is 22.8. The summed E-state index contributed by atoms with van der Waals surface area (Å²) in [4.78, 5) is 20.3. The molecular weight excluding hydrogens is 478 g/mol. The van der Waals surface area contributed by atoms with Gasteiger partial charge in [-0.05, 0) is 89.3 Å². The second kappa shape index (κ2) is 8.82. The lowest BCUT2D eigenvalue weighted by atomic mass is 9.89. The Bertz CT molecular complexity index is 1580. The fraction of sp³-hybridized carbons (Fsp3) is 0.400. The van der Waals surface area contributed by atoms with Crippen LogP contribution in [0, 0.1) is 20.8 Å². The van der Waals surface area contributed by atoms with Crippen molar-refractivity contribution in [1.29, 1.82) is 0 Å². The maximum Gasteiger partial charge on any atom is 0.416 e. The predicted molar refractivity (Wildman–Crippen MR) is 146 cm³/mol. The number of hydrogen-bond donors (Lipinski definition) is 0. The molecular formula is C30H33N5O3. The van der Waals surface area contributed by atoms with Crippen molar-refractivity contribution in [2.24, 2.45) is 0 Å². The summed E-state index contributed by atoms with van der Waals surface area (Å²) >= 11 is 0. The van der Waals surface area contributed by atoms with Gasteiger partial charge in [0.05, 0.1) is 13.2 Å². The molecule has 2 aliphatic rings. The van der Waals surface area contributed by atoms with E-state index in [4.69, 9.17) is 14.5 Å². The number of pyridine rings is 2. The van der Waals surface area contributed by atoms with E-state index in [0.29, 0.717) is 18.8 Å². The van der Waals surface area contributed by atoms with Gasteiger partial charge >= 0.3 is 6.09 Å². The number of carbonyl (C=O) groups is 1. The van der Waals surface area contributed by atoms with Crippen LogP contribution in [0.15, 0.2) is 36.7 Å². The van der Waals surface area contributed by atoms with Crippen molar-refractivity contribution < 1.29 is 14.3 Å². The second-order valence-electron chi connectivity index (χ2n) is 11.4. The van der Waals surface area contributed by atoms with Crippen molar-refractivity contribution >= 4 is 17.6 Å². The van der Waals surface area contributed by atoms with E-state index < -0.39 is 11.7 Å². The molecule has 6 rings (SSSR count). The molecule has 0 spiro atoms. The van der Waals surface area contributed by atoms with Crippen LogP contribution in [0.4, 0.5) is 10.6 Å². The summed E-state index contributed by atoms with van der Waals surface area (Å²) in [5.41, 5.74) is 8.39. The van der Waals surface area contributed by atoms with E-state index in [2.05, 4.69) is 41.4 Å². The van der Waals surface area contributed by atoms with Crippen LogP contribution in [0.3, 0.4) is 0 Å². The first-order valence-corrected chi connectivity index (χ1v) is 13.2. The number of fused-ring (bicyclic) bond motifs is 3. The molecule has 38 heavy (non-hydrogen) atoms. The number of aryl methyl sites for hydroxylation is 4. The molecule has 8 heteroatoms. The molecule has 1 atom stereocenters. The molecule has 3 aromatic heterocycles. The second-order valence-corrected chi connectivity index (χ2v) is 11.4. The standard InChI is InChI=1S/C30H33N5O3/c1-17-7-12-25-26-21(15-37-25)10-9-20-13-23(22-11-8-18(2)32-19(22)3)27-33-31-16-35(27)28(20)34(14-24(17)26)29(36)38-30(4,5)6/h7-8,11-13,16,21H,9-10,14-15H2,1-6H3. The number of anilines is 1. The molecule has 4 aromatic rings. The molecule has 1 aromatic carbocycles. The van der Waals surface area contributed by atoms with Crippen molar-refractivity contribution in [2.45, 2.75) is 72.4 Å². The summed E-state index contributed by atoms with van der Waals surface area (Å²) in [6, 6.07) is 10.4. The lowest BCUT2D eigenvalue weighted by molar-refractivity contribution is 0.0575. The number of nitrogens with zero attached hydrogens (tertiary/aromatic N) is 5. The minimum Gasteiger partial charge on any atom is -0.493 e. The van der Waals surface area contributed by atoms with Gasteiger partial charge in [0.1, 0.15) is 23.5 Å². The number of carbonyl (C=O) groups excluding carboxylic acids is 1. The van der Waals surface area contributed by atoms with Gasteiger partial charge in [-0.3, -0.25) is 14.3 Å². The van der Waals surface area contributed by atoms with Gasteiger partial charge in [0.25, 0.3) is 0 Å². The SMILES string of the molecule is Cc1ccc(-c2cc3c(n4cnnc24)N(C(=O)OC(C)(C)C)Cc2c(C)ccc4c2C(CC3)CO4)c(C)n1. The first-order chi connectivity index (χ1) is 18.1. The number of rotatable bonds is 1. The summed E-state index contributed by atoms with van der Waals surface area (Å²) in [7, 11) is 0. The maximum atomic E-state index is 13.9. The molecule has 0 radical (unpaired) electrons. The van der Waals surface area contributed by atoms with Crippen LogP contribution in [0.25, 0.3) is 16.8 Å². The molecule has 0 aliphatic carbocycles. The van der Waals surface area contributed by atoms with E-state index in [9.17, 15) is 4.79 Å². The number of benzene rings is 1. The molecule has 1 unspecified atom stereocenters. The van der Waals surface area contributed by atoms with Gasteiger partial charge in [-0.2, -0.15) is 0 Å². The van der Waals surface area contributed by atoms with E-state index in [1.807, 2.05) is 45.1 Å². The Morgan fingerprint density at radius 1 is 1.11 bits per heavy atom. The molecule has 8 nitrogen and oxygen atoms in total. The first-order valence-electron chi connectivity index (χ1n) is 13.2. The molecule has 0 bridgehead atoms. The van der Waals surface area contributed by atoms with Crippen LogP contribution in [0.5, 0.6) is 5.75 Å². The Balaban J connectivity index is 1.61. The third kappa shape index (κ3) is 4.08. The zero-order valence-corrected chi connectivity index (χ0v) is 22.8. The topological polar surface area (TPSA) is 81.9 Å². The highest BCUT2D eigenvalue weighted by Gasteiger charge is 2.35. The van der Waals surface area contributed by atoms with Gasteiger partial charge in [0.2, 0.25) is 0 Å². The highest BCUT2D eigenvalue weighted by atomic mass is 16.6. The molecule has 0 fully saturated rings. The molecule has 0 saturated heterocycles. The monoisotopic (exact) mass is 511 g/mol. The number of hydrogen-bond acceptors (Lipinski definition) is 6. The summed E-state index contributed by atoms with van der Waals surface area (Å²) in [5.74, 6) is 1.93.